The van der Waals surface area contributed by atoms with Gasteiger partial charge in [-0.05, 0) is 33.9 Å². The minimum Gasteiger partial charge on any atom is -0.450 e. The molecule has 24 heavy (non-hydrogen) atoms. The zero-order valence-electron chi connectivity index (χ0n) is 14.5. The van der Waals surface area contributed by atoms with Crippen molar-refractivity contribution in [2.24, 2.45) is 0 Å². The Balaban J connectivity index is 1.97. The van der Waals surface area contributed by atoms with Crippen LogP contribution in [0.4, 0.5) is 0 Å². The molecule has 1 N–H and O–H groups in total. The summed E-state index contributed by atoms with van der Waals surface area (Å²) in [4.78, 5) is 4.48. The van der Waals surface area contributed by atoms with E-state index in [1.807, 2.05) is 45.2 Å². The average Bonchev–Trinajstić information content (AvgIpc) is 3.16. The summed E-state index contributed by atoms with van der Waals surface area (Å²) < 4.78 is 17.2. The Hall–Kier alpha value is -2.18. The number of ether oxygens (including phenoxy) is 1. The molecule has 128 valence electrons. The van der Waals surface area contributed by atoms with Gasteiger partial charge >= 0.3 is 0 Å². The van der Waals surface area contributed by atoms with Gasteiger partial charge in [0.15, 0.2) is 11.6 Å². The first-order valence-electron chi connectivity index (χ1n) is 8.20. The maximum absolute atomic E-state index is 5.97. The number of nitrogens with one attached hydrogen (secondary N) is 1. The minimum atomic E-state index is 0.126. The van der Waals surface area contributed by atoms with Gasteiger partial charge < -0.3 is 19.0 Å². The molecule has 0 spiro atoms. The molecule has 1 atom stereocenters. The van der Waals surface area contributed by atoms with Crippen molar-refractivity contribution in [1.29, 1.82) is 0 Å². The number of hydrogen-bond donors (Lipinski definition) is 1. The predicted molar refractivity (Wildman–Crippen MR) is 91.7 cm³/mol. The summed E-state index contributed by atoms with van der Waals surface area (Å²) in [5.41, 5.74) is 1.73. The molecule has 0 amide bonds. The highest BCUT2D eigenvalue weighted by Gasteiger charge is 2.21. The van der Waals surface area contributed by atoms with E-state index in [9.17, 15) is 0 Å². The largest absolute Gasteiger partial charge is 0.450 e. The molecule has 0 bridgehead atoms. The smallest absolute Gasteiger partial charge is 0.294 e. The Bertz CT molecular complexity index is 807. The number of nitrogens with zero attached hydrogens (tertiary/aromatic N) is 2. The second-order valence-corrected chi connectivity index (χ2v) is 6.18. The quantitative estimate of drug-likeness (QED) is 0.714. The Morgan fingerprint density at radius 2 is 2.00 bits per heavy atom. The Morgan fingerprint density at radius 1 is 1.21 bits per heavy atom. The van der Waals surface area contributed by atoms with Gasteiger partial charge in [0.25, 0.3) is 5.89 Å². The summed E-state index contributed by atoms with van der Waals surface area (Å²) in [7, 11) is 1.91. The lowest BCUT2D eigenvalue weighted by molar-refractivity contribution is 0.0662. The van der Waals surface area contributed by atoms with Crippen LogP contribution in [0.3, 0.4) is 0 Å². The van der Waals surface area contributed by atoms with Crippen molar-refractivity contribution in [3.8, 4) is 11.7 Å². The second kappa shape index (κ2) is 7.15. The van der Waals surface area contributed by atoms with Crippen LogP contribution in [0, 0.1) is 0 Å². The minimum absolute atomic E-state index is 0.126. The third-order valence-corrected chi connectivity index (χ3v) is 3.90. The molecule has 0 saturated carbocycles. The fourth-order valence-corrected chi connectivity index (χ4v) is 2.47. The van der Waals surface area contributed by atoms with Gasteiger partial charge in [0.2, 0.25) is 0 Å². The van der Waals surface area contributed by atoms with Gasteiger partial charge in [-0.15, -0.1) is 0 Å². The molecule has 2 aromatic heterocycles. The molecule has 6 heteroatoms. The first-order chi connectivity index (χ1) is 11.6. The van der Waals surface area contributed by atoms with E-state index in [2.05, 4.69) is 22.4 Å². The molecular formula is C18H23N3O3. The van der Waals surface area contributed by atoms with Crippen LogP contribution < -0.4 is 5.32 Å². The first-order valence-corrected chi connectivity index (χ1v) is 8.20. The van der Waals surface area contributed by atoms with Gasteiger partial charge in [0, 0.05) is 23.4 Å². The molecule has 3 rings (SSSR count). The second-order valence-electron chi connectivity index (χ2n) is 6.18. The molecule has 1 aromatic carbocycles. The molecule has 1 unspecified atom stereocenters. The summed E-state index contributed by atoms with van der Waals surface area (Å²) in [5.74, 6) is 1.64. The van der Waals surface area contributed by atoms with E-state index in [4.69, 9.17) is 13.7 Å². The third-order valence-electron chi connectivity index (χ3n) is 3.90. The molecule has 0 aliphatic heterocycles. The molecular weight excluding hydrogens is 306 g/mol. The zero-order valence-corrected chi connectivity index (χ0v) is 14.5. The summed E-state index contributed by atoms with van der Waals surface area (Å²) in [6.45, 7) is 6.52. The maximum Gasteiger partial charge on any atom is 0.294 e. The number of benzene rings is 1. The molecule has 0 aliphatic carbocycles. The Kier molecular flexibility index (Phi) is 4.97. The topological polar surface area (TPSA) is 73.3 Å². The summed E-state index contributed by atoms with van der Waals surface area (Å²) >= 11 is 0. The molecule has 3 aromatic rings. The van der Waals surface area contributed by atoms with Crippen molar-refractivity contribution in [3.05, 3.63) is 35.7 Å². The van der Waals surface area contributed by atoms with Gasteiger partial charge in [-0.1, -0.05) is 23.4 Å². The first kappa shape index (κ1) is 16.7. The molecule has 0 saturated heterocycles. The highest BCUT2D eigenvalue weighted by Crippen LogP contribution is 2.33. The highest BCUT2D eigenvalue weighted by atomic mass is 16.5. The van der Waals surface area contributed by atoms with Crippen molar-refractivity contribution in [3.63, 3.8) is 0 Å². The number of fused-ring (bicyclic) bond motifs is 1. The number of aromatic nitrogens is 2. The van der Waals surface area contributed by atoms with Crippen molar-refractivity contribution >= 4 is 11.0 Å². The normalized spacial score (nSPS) is 13.0. The predicted octanol–water partition coefficient (Wildman–Crippen LogP) is 3.56. The summed E-state index contributed by atoms with van der Waals surface area (Å²) in [6.07, 6.45) is 0.819. The van der Waals surface area contributed by atoms with Gasteiger partial charge in [0.05, 0.1) is 12.7 Å². The average molecular weight is 329 g/mol. The van der Waals surface area contributed by atoms with E-state index in [-0.39, 0.29) is 12.1 Å². The molecule has 0 fully saturated rings. The van der Waals surface area contributed by atoms with E-state index in [0.29, 0.717) is 30.5 Å². The van der Waals surface area contributed by atoms with E-state index < -0.39 is 0 Å². The molecule has 2 heterocycles. The van der Waals surface area contributed by atoms with Crippen LogP contribution in [0.25, 0.3) is 22.6 Å². The SMILES string of the molecule is CNC(C)Cc1noc(-c2oc3ccccc3c2COC(C)C)n1. The fraction of sp³-hybridized carbons (Fsp3) is 0.444. The van der Waals surface area contributed by atoms with Crippen molar-refractivity contribution in [1.82, 2.24) is 15.5 Å². The van der Waals surface area contributed by atoms with Crippen LogP contribution >= 0.6 is 0 Å². The van der Waals surface area contributed by atoms with Crippen molar-refractivity contribution in [2.75, 3.05) is 7.05 Å². The maximum atomic E-state index is 5.97. The number of hydrogen-bond acceptors (Lipinski definition) is 6. The van der Waals surface area contributed by atoms with Crippen LogP contribution in [0.2, 0.25) is 0 Å². The number of para-hydroxylation sites is 1. The van der Waals surface area contributed by atoms with Crippen molar-refractivity contribution in [2.45, 2.75) is 45.9 Å². The Labute approximate surface area is 141 Å². The zero-order chi connectivity index (χ0) is 17.1. The van der Waals surface area contributed by atoms with E-state index in [1.54, 1.807) is 0 Å². The fourth-order valence-electron chi connectivity index (χ4n) is 2.47. The summed E-state index contributed by atoms with van der Waals surface area (Å²) in [6, 6.07) is 8.14. The van der Waals surface area contributed by atoms with E-state index in [0.717, 1.165) is 16.5 Å². The number of likely N-dealkylation sites (N-methyl/N-ethyl adjacent to an activating group) is 1. The molecule has 0 aliphatic rings. The van der Waals surface area contributed by atoms with E-state index >= 15 is 0 Å². The lowest BCUT2D eigenvalue weighted by Crippen LogP contribution is -2.24. The van der Waals surface area contributed by atoms with Crippen LogP contribution in [0.1, 0.15) is 32.2 Å². The molecule has 6 nitrogen and oxygen atoms in total. The third kappa shape index (κ3) is 3.49. The van der Waals surface area contributed by atoms with Gasteiger partial charge in [-0.25, -0.2) is 0 Å². The molecule has 0 radical (unpaired) electrons. The van der Waals surface area contributed by atoms with E-state index in [1.165, 1.54) is 0 Å². The van der Waals surface area contributed by atoms with Gasteiger partial charge in [-0.2, -0.15) is 4.98 Å². The number of furan rings is 1. The van der Waals surface area contributed by atoms with Gasteiger partial charge in [-0.3, -0.25) is 0 Å². The summed E-state index contributed by atoms with van der Waals surface area (Å²) in [5, 5.41) is 8.23. The standard InChI is InChI=1S/C18H23N3O3/c1-11(2)22-10-14-13-7-5-6-8-15(13)23-17(14)18-20-16(21-24-18)9-12(3)19-4/h5-8,11-12,19H,9-10H2,1-4H3. The monoisotopic (exact) mass is 329 g/mol. The number of rotatable bonds is 7. The lowest BCUT2D eigenvalue weighted by Gasteiger charge is -2.06. The Morgan fingerprint density at radius 3 is 2.75 bits per heavy atom. The van der Waals surface area contributed by atoms with Crippen molar-refractivity contribution < 1.29 is 13.7 Å². The van der Waals surface area contributed by atoms with Crippen LogP contribution in [-0.2, 0) is 17.8 Å². The van der Waals surface area contributed by atoms with Crippen LogP contribution in [-0.4, -0.2) is 29.3 Å². The lowest BCUT2D eigenvalue weighted by atomic mass is 10.1. The highest BCUT2D eigenvalue weighted by molar-refractivity contribution is 5.86. The van der Waals surface area contributed by atoms with Gasteiger partial charge in [0.1, 0.15) is 5.58 Å². The van der Waals surface area contributed by atoms with Crippen LogP contribution in [0.5, 0.6) is 0 Å². The van der Waals surface area contributed by atoms with Crippen LogP contribution in [0.15, 0.2) is 33.2 Å².